The normalized spacial score (nSPS) is 17.8. The third-order valence-corrected chi connectivity index (χ3v) is 6.23. The highest BCUT2D eigenvalue weighted by atomic mass is 19.3. The lowest BCUT2D eigenvalue weighted by Crippen LogP contribution is -2.38. The van der Waals surface area contributed by atoms with Gasteiger partial charge < -0.3 is 25.2 Å². The van der Waals surface area contributed by atoms with Crippen LogP contribution in [0.15, 0.2) is 12.4 Å². The van der Waals surface area contributed by atoms with E-state index >= 15 is 0 Å². The van der Waals surface area contributed by atoms with E-state index in [0.29, 0.717) is 38.7 Å². The fourth-order valence-electron chi connectivity index (χ4n) is 4.20. The second-order valence-electron chi connectivity index (χ2n) is 8.80. The molecule has 2 fully saturated rings. The highest BCUT2D eigenvalue weighted by molar-refractivity contribution is 5.68. The fourth-order valence-corrected chi connectivity index (χ4v) is 4.20. The number of aromatic nitrogens is 4. The molecule has 10 nitrogen and oxygen atoms in total. The van der Waals surface area contributed by atoms with Crippen LogP contribution in [0.1, 0.15) is 49.4 Å². The first kappa shape index (κ1) is 24.1. The molecule has 186 valence electrons. The van der Waals surface area contributed by atoms with Gasteiger partial charge in [-0.3, -0.25) is 4.68 Å². The Hall–Kier alpha value is -3.02. The van der Waals surface area contributed by atoms with Crippen LogP contribution in [0, 0.1) is 6.92 Å². The molecule has 2 N–H and O–H groups in total. The number of cyclic esters (lactones) is 1. The smallest absolute Gasteiger partial charge is 0.409 e. The zero-order valence-electron chi connectivity index (χ0n) is 19.6. The van der Waals surface area contributed by atoms with Gasteiger partial charge in [-0.05, 0) is 52.7 Å². The molecule has 0 spiro atoms. The average molecular weight is 479 g/mol. The summed E-state index contributed by atoms with van der Waals surface area (Å²) in [6.07, 6.45) is 3.46. The van der Waals surface area contributed by atoms with Crippen molar-refractivity contribution in [2.24, 2.45) is 0 Å². The number of carbonyl (C=O) groups excluding carboxylic acids is 1. The lowest BCUT2D eigenvalue weighted by molar-refractivity contribution is 0.0729. The number of aryl methyl sites for hydroxylation is 1. The summed E-state index contributed by atoms with van der Waals surface area (Å²) in [4.78, 5) is 24.0. The maximum Gasteiger partial charge on any atom is 0.409 e. The predicted molar refractivity (Wildman–Crippen MR) is 124 cm³/mol. The van der Waals surface area contributed by atoms with Gasteiger partial charge in [-0.15, -0.1) is 0 Å². The van der Waals surface area contributed by atoms with Crippen molar-refractivity contribution in [2.45, 2.75) is 45.1 Å². The van der Waals surface area contributed by atoms with Crippen molar-refractivity contribution in [3.8, 4) is 0 Å². The molecule has 0 unspecified atom stereocenters. The topological polar surface area (TPSA) is 100 Å². The van der Waals surface area contributed by atoms with E-state index < -0.39 is 6.43 Å². The van der Waals surface area contributed by atoms with Gasteiger partial charge in [-0.1, -0.05) is 0 Å². The zero-order valence-corrected chi connectivity index (χ0v) is 19.6. The lowest BCUT2D eigenvalue weighted by Gasteiger charge is -2.28. The Kier molecular flexibility index (Phi) is 7.76. The Morgan fingerprint density at radius 3 is 2.79 bits per heavy atom. The number of halogens is 2. The van der Waals surface area contributed by atoms with Crippen LogP contribution in [-0.2, 0) is 4.74 Å². The van der Waals surface area contributed by atoms with E-state index in [1.54, 1.807) is 4.90 Å². The molecule has 34 heavy (non-hydrogen) atoms. The Morgan fingerprint density at radius 1 is 1.26 bits per heavy atom. The second kappa shape index (κ2) is 10.9. The number of amides is 1. The van der Waals surface area contributed by atoms with Crippen LogP contribution in [-0.4, -0.2) is 82.0 Å². The van der Waals surface area contributed by atoms with Crippen LogP contribution in [0.25, 0.3) is 0 Å². The molecule has 0 atom stereocenters. The molecule has 0 bridgehead atoms. The summed E-state index contributed by atoms with van der Waals surface area (Å²) in [7, 11) is 2.12. The minimum Gasteiger partial charge on any atom is -0.449 e. The van der Waals surface area contributed by atoms with Crippen LogP contribution < -0.4 is 10.6 Å². The molecule has 0 saturated carbocycles. The Bertz CT molecular complexity index is 978. The summed E-state index contributed by atoms with van der Waals surface area (Å²) in [6.45, 7) is 5.91. The van der Waals surface area contributed by atoms with Gasteiger partial charge in [0.2, 0.25) is 5.95 Å². The summed E-state index contributed by atoms with van der Waals surface area (Å²) < 4.78 is 34.0. The number of hydrogen-bond donors (Lipinski definition) is 2. The number of piperidine rings is 1. The fraction of sp³-hybridized carbons (Fsp3) is 0.636. The first-order valence-electron chi connectivity index (χ1n) is 11.7. The standard InChI is InChI=1S/C22H32F2N8O2/c1-15-18(14-32(29-15)16-5-10-30(2)11-6-16)27-21-26-13-17(19(23)24)20(28-21)25-7-3-8-31-9-4-12-34-22(31)33/h13-14,16,19H,3-12H2,1-2H3,(H2,25,26,27,28). The molecule has 0 aliphatic carbocycles. The number of anilines is 3. The molecule has 2 aromatic heterocycles. The summed E-state index contributed by atoms with van der Waals surface area (Å²) in [5.74, 6) is 0.298. The summed E-state index contributed by atoms with van der Waals surface area (Å²) in [6, 6.07) is 0.335. The van der Waals surface area contributed by atoms with E-state index in [9.17, 15) is 13.6 Å². The van der Waals surface area contributed by atoms with E-state index in [4.69, 9.17) is 4.74 Å². The van der Waals surface area contributed by atoms with Gasteiger partial charge in [0.05, 0.1) is 29.6 Å². The van der Waals surface area contributed by atoms with Gasteiger partial charge in [-0.2, -0.15) is 10.1 Å². The molecule has 4 heterocycles. The number of alkyl halides is 2. The second-order valence-corrected chi connectivity index (χ2v) is 8.80. The molecular formula is C22H32F2N8O2. The molecule has 2 aliphatic rings. The molecule has 1 amide bonds. The van der Waals surface area contributed by atoms with Gasteiger partial charge in [0, 0.05) is 32.0 Å². The minimum atomic E-state index is -2.71. The number of carbonyl (C=O) groups is 1. The summed E-state index contributed by atoms with van der Waals surface area (Å²) in [5.41, 5.74) is 1.28. The molecule has 12 heteroatoms. The highest BCUT2D eigenvalue weighted by Crippen LogP contribution is 2.28. The third kappa shape index (κ3) is 5.91. The monoisotopic (exact) mass is 478 g/mol. The quantitative estimate of drug-likeness (QED) is 0.528. The lowest BCUT2D eigenvalue weighted by atomic mass is 10.1. The first-order chi connectivity index (χ1) is 16.4. The molecule has 2 aromatic rings. The Labute approximate surface area is 197 Å². The summed E-state index contributed by atoms with van der Waals surface area (Å²) >= 11 is 0. The predicted octanol–water partition coefficient (Wildman–Crippen LogP) is 3.57. The van der Waals surface area contributed by atoms with Crippen LogP contribution in [0.5, 0.6) is 0 Å². The number of likely N-dealkylation sites (tertiary alicyclic amines) is 1. The van der Waals surface area contributed by atoms with Crippen molar-refractivity contribution in [3.63, 3.8) is 0 Å². The molecule has 2 aliphatic heterocycles. The molecule has 0 radical (unpaired) electrons. The number of hydrogen-bond acceptors (Lipinski definition) is 8. The van der Waals surface area contributed by atoms with Crippen LogP contribution in [0.4, 0.5) is 31.0 Å². The number of nitrogens with one attached hydrogen (secondary N) is 2. The minimum absolute atomic E-state index is 0.0779. The SMILES string of the molecule is Cc1nn(C2CCN(C)CC2)cc1Nc1ncc(C(F)F)c(NCCCN2CCCOC2=O)n1. The summed E-state index contributed by atoms with van der Waals surface area (Å²) in [5, 5.41) is 10.7. The number of nitrogens with zero attached hydrogens (tertiary/aromatic N) is 6. The van der Waals surface area contributed by atoms with Crippen molar-refractivity contribution in [2.75, 3.05) is 57.0 Å². The van der Waals surface area contributed by atoms with Crippen molar-refractivity contribution in [1.82, 2.24) is 29.5 Å². The Morgan fingerprint density at radius 2 is 2.06 bits per heavy atom. The van der Waals surface area contributed by atoms with Crippen LogP contribution in [0.3, 0.4) is 0 Å². The van der Waals surface area contributed by atoms with E-state index in [2.05, 4.69) is 37.6 Å². The molecule has 2 saturated heterocycles. The maximum absolute atomic E-state index is 13.5. The van der Waals surface area contributed by atoms with Crippen molar-refractivity contribution in [3.05, 3.63) is 23.7 Å². The van der Waals surface area contributed by atoms with E-state index in [0.717, 1.165) is 49.9 Å². The molecular weight excluding hydrogens is 446 g/mol. The van der Waals surface area contributed by atoms with Gasteiger partial charge in [0.25, 0.3) is 6.43 Å². The average Bonchev–Trinajstić information content (AvgIpc) is 3.18. The first-order valence-corrected chi connectivity index (χ1v) is 11.7. The molecule has 4 rings (SSSR count). The van der Waals surface area contributed by atoms with Crippen molar-refractivity contribution >= 4 is 23.5 Å². The third-order valence-electron chi connectivity index (χ3n) is 6.23. The highest BCUT2D eigenvalue weighted by Gasteiger charge is 2.22. The van der Waals surface area contributed by atoms with Crippen molar-refractivity contribution < 1.29 is 18.3 Å². The van der Waals surface area contributed by atoms with Gasteiger partial charge in [-0.25, -0.2) is 18.6 Å². The maximum atomic E-state index is 13.5. The van der Waals surface area contributed by atoms with Gasteiger partial charge in [0.15, 0.2) is 0 Å². The largest absolute Gasteiger partial charge is 0.449 e. The van der Waals surface area contributed by atoms with E-state index in [1.807, 2.05) is 17.8 Å². The number of ether oxygens (including phenoxy) is 1. The Balaban J connectivity index is 1.39. The van der Waals surface area contributed by atoms with E-state index in [1.165, 1.54) is 0 Å². The van der Waals surface area contributed by atoms with Crippen molar-refractivity contribution in [1.29, 1.82) is 0 Å². The van der Waals surface area contributed by atoms with Gasteiger partial charge >= 0.3 is 6.09 Å². The molecule has 0 aromatic carbocycles. The van der Waals surface area contributed by atoms with Crippen LogP contribution >= 0.6 is 0 Å². The van der Waals surface area contributed by atoms with Crippen LogP contribution in [0.2, 0.25) is 0 Å². The number of rotatable bonds is 9. The van der Waals surface area contributed by atoms with E-state index in [-0.39, 0.29) is 23.4 Å². The zero-order chi connectivity index (χ0) is 24.1. The van der Waals surface area contributed by atoms with Gasteiger partial charge in [0.1, 0.15) is 5.82 Å².